The van der Waals surface area contributed by atoms with E-state index < -0.39 is 5.41 Å². The molecule has 0 fully saturated rings. The van der Waals surface area contributed by atoms with Gasteiger partial charge in [-0.1, -0.05) is 121 Å². The number of hydrogen-bond donors (Lipinski definition) is 4. The molecule has 6 N–H and O–H groups in total. The van der Waals surface area contributed by atoms with Crippen LogP contribution in [0.25, 0.3) is 33.4 Å². The molecule has 0 bridgehead atoms. The summed E-state index contributed by atoms with van der Waals surface area (Å²) in [4.78, 5) is 0. The van der Waals surface area contributed by atoms with Gasteiger partial charge in [0.2, 0.25) is 0 Å². The van der Waals surface area contributed by atoms with E-state index in [0.717, 1.165) is 44.5 Å². The van der Waals surface area contributed by atoms with Gasteiger partial charge in [0.25, 0.3) is 0 Å². The molecule has 0 atom stereocenters. The van der Waals surface area contributed by atoms with Crippen molar-refractivity contribution in [1.82, 2.24) is 0 Å². The van der Waals surface area contributed by atoms with E-state index in [4.69, 9.17) is 11.5 Å². The maximum Gasteiger partial charge on any atom is 0.146 e. The standard InChI is InChI=1S/C37H28N2O2/c38-33-21-9-15-27(35(33)40)25-13-3-7-19-31(25)37(29-17-5-1-11-23(29)24-12-2-6-18-30(24)37)32-20-8-4-14-26(32)28-16-10-22-34(39)36(28)41/h1-22,40-41H,38-39H2. The zero-order valence-electron chi connectivity index (χ0n) is 22.3. The van der Waals surface area contributed by atoms with E-state index >= 15 is 0 Å². The van der Waals surface area contributed by atoms with Crippen LogP contribution in [0.5, 0.6) is 11.5 Å². The average Bonchev–Trinajstić information content (AvgIpc) is 3.31. The topological polar surface area (TPSA) is 92.5 Å². The summed E-state index contributed by atoms with van der Waals surface area (Å²) in [5.74, 6) is 0.104. The molecule has 198 valence electrons. The van der Waals surface area contributed by atoms with Gasteiger partial charge in [-0.3, -0.25) is 0 Å². The van der Waals surface area contributed by atoms with Crippen LogP contribution in [0.2, 0.25) is 0 Å². The number of nitrogens with two attached hydrogens (primary N) is 2. The smallest absolute Gasteiger partial charge is 0.146 e. The van der Waals surface area contributed by atoms with Crippen molar-refractivity contribution in [2.75, 3.05) is 11.5 Å². The van der Waals surface area contributed by atoms with Crippen LogP contribution in [-0.2, 0) is 5.41 Å². The Balaban J connectivity index is 1.68. The molecule has 4 heteroatoms. The third-order valence-electron chi connectivity index (χ3n) is 8.33. The van der Waals surface area contributed by atoms with E-state index in [2.05, 4.69) is 60.7 Å². The number of nitrogen functional groups attached to an aromatic ring is 2. The van der Waals surface area contributed by atoms with Crippen LogP contribution in [0.1, 0.15) is 22.3 Å². The highest BCUT2D eigenvalue weighted by Crippen LogP contribution is 2.60. The van der Waals surface area contributed by atoms with Gasteiger partial charge in [-0.2, -0.15) is 0 Å². The van der Waals surface area contributed by atoms with Gasteiger partial charge in [-0.05, 0) is 56.6 Å². The number of rotatable bonds is 4. The molecular formula is C37H28N2O2. The summed E-state index contributed by atoms with van der Waals surface area (Å²) >= 11 is 0. The van der Waals surface area contributed by atoms with Crippen LogP contribution in [0, 0.1) is 0 Å². The van der Waals surface area contributed by atoms with Gasteiger partial charge < -0.3 is 21.7 Å². The zero-order chi connectivity index (χ0) is 28.1. The van der Waals surface area contributed by atoms with Crippen molar-refractivity contribution >= 4 is 11.4 Å². The Morgan fingerprint density at radius 3 is 0.951 bits per heavy atom. The van der Waals surface area contributed by atoms with Gasteiger partial charge in [0.05, 0.1) is 16.8 Å². The third-order valence-corrected chi connectivity index (χ3v) is 8.33. The van der Waals surface area contributed by atoms with Crippen LogP contribution in [-0.4, -0.2) is 10.2 Å². The average molecular weight is 533 g/mol. The Morgan fingerprint density at radius 2 is 0.610 bits per heavy atom. The maximum atomic E-state index is 11.2. The first-order valence-electron chi connectivity index (χ1n) is 13.6. The quantitative estimate of drug-likeness (QED) is 0.137. The summed E-state index contributed by atoms with van der Waals surface area (Å²) in [5, 5.41) is 22.4. The fourth-order valence-electron chi connectivity index (χ4n) is 6.61. The van der Waals surface area contributed by atoms with E-state index in [1.807, 2.05) is 60.7 Å². The van der Waals surface area contributed by atoms with Crippen molar-refractivity contribution in [3.8, 4) is 44.9 Å². The molecule has 6 aromatic rings. The molecule has 1 aliphatic carbocycles. The number of anilines is 2. The van der Waals surface area contributed by atoms with Crippen LogP contribution < -0.4 is 11.5 Å². The first kappa shape index (κ1) is 24.6. The van der Waals surface area contributed by atoms with E-state index in [1.54, 1.807) is 12.1 Å². The monoisotopic (exact) mass is 532 g/mol. The minimum Gasteiger partial charge on any atom is -0.505 e. The van der Waals surface area contributed by atoms with Crippen LogP contribution in [0.15, 0.2) is 133 Å². The second kappa shape index (κ2) is 9.32. The van der Waals surface area contributed by atoms with Crippen molar-refractivity contribution in [2.24, 2.45) is 0 Å². The minimum atomic E-state index is -0.797. The minimum absolute atomic E-state index is 0.0522. The second-order valence-corrected chi connectivity index (χ2v) is 10.4. The molecule has 4 nitrogen and oxygen atoms in total. The van der Waals surface area contributed by atoms with Crippen molar-refractivity contribution in [2.45, 2.75) is 5.41 Å². The van der Waals surface area contributed by atoms with E-state index in [0.29, 0.717) is 22.5 Å². The number of phenols is 2. The van der Waals surface area contributed by atoms with Crippen molar-refractivity contribution in [3.05, 3.63) is 156 Å². The molecule has 0 unspecified atom stereocenters. The lowest BCUT2D eigenvalue weighted by atomic mass is 9.64. The van der Waals surface area contributed by atoms with Gasteiger partial charge in [0.1, 0.15) is 11.5 Å². The lowest BCUT2D eigenvalue weighted by Crippen LogP contribution is -2.30. The molecule has 0 spiro atoms. The normalized spacial score (nSPS) is 13.0. The Hall–Kier alpha value is -5.48. The summed E-state index contributed by atoms with van der Waals surface area (Å²) in [6, 6.07) is 44.3. The van der Waals surface area contributed by atoms with E-state index in [9.17, 15) is 10.2 Å². The molecule has 0 saturated carbocycles. The Morgan fingerprint density at radius 1 is 0.341 bits per heavy atom. The SMILES string of the molecule is Nc1cccc(-c2ccccc2C2(c3ccccc3-c3cccc(N)c3O)c3ccccc3-c3ccccc32)c1O. The zero-order valence-corrected chi connectivity index (χ0v) is 22.3. The molecule has 41 heavy (non-hydrogen) atoms. The van der Waals surface area contributed by atoms with Crippen molar-refractivity contribution in [1.29, 1.82) is 0 Å². The number of para-hydroxylation sites is 2. The highest BCUT2D eigenvalue weighted by atomic mass is 16.3. The van der Waals surface area contributed by atoms with Crippen molar-refractivity contribution in [3.63, 3.8) is 0 Å². The van der Waals surface area contributed by atoms with E-state index in [1.165, 1.54) is 0 Å². The van der Waals surface area contributed by atoms with Crippen LogP contribution >= 0.6 is 0 Å². The predicted molar refractivity (Wildman–Crippen MR) is 167 cm³/mol. The highest BCUT2D eigenvalue weighted by Gasteiger charge is 2.48. The maximum absolute atomic E-state index is 11.2. The molecular weight excluding hydrogens is 504 g/mol. The van der Waals surface area contributed by atoms with Gasteiger partial charge in [-0.15, -0.1) is 0 Å². The van der Waals surface area contributed by atoms with Gasteiger partial charge >= 0.3 is 0 Å². The first-order valence-corrected chi connectivity index (χ1v) is 13.6. The highest BCUT2D eigenvalue weighted by molar-refractivity contribution is 5.93. The summed E-state index contributed by atoms with van der Waals surface area (Å²) in [7, 11) is 0. The molecule has 6 aromatic carbocycles. The number of hydrogen-bond acceptors (Lipinski definition) is 4. The largest absolute Gasteiger partial charge is 0.505 e. The van der Waals surface area contributed by atoms with Crippen LogP contribution in [0.3, 0.4) is 0 Å². The van der Waals surface area contributed by atoms with E-state index in [-0.39, 0.29) is 11.5 Å². The number of fused-ring (bicyclic) bond motifs is 3. The Bertz CT molecular complexity index is 1820. The Labute approximate surface area is 238 Å². The Kier molecular flexibility index (Phi) is 5.58. The second-order valence-electron chi connectivity index (χ2n) is 10.4. The summed E-state index contributed by atoms with van der Waals surface area (Å²) in [6.07, 6.45) is 0. The number of benzene rings is 6. The summed E-state index contributed by atoms with van der Waals surface area (Å²) < 4.78 is 0. The van der Waals surface area contributed by atoms with Gasteiger partial charge in [0, 0.05) is 11.1 Å². The molecule has 0 heterocycles. The summed E-state index contributed by atoms with van der Waals surface area (Å²) in [5.41, 5.74) is 21.8. The molecule has 0 amide bonds. The molecule has 0 aromatic heterocycles. The van der Waals surface area contributed by atoms with Crippen LogP contribution in [0.4, 0.5) is 11.4 Å². The summed E-state index contributed by atoms with van der Waals surface area (Å²) in [6.45, 7) is 0. The number of phenolic OH excluding ortho intramolecular Hbond substituents is 2. The molecule has 1 aliphatic rings. The third kappa shape index (κ3) is 3.47. The fourth-order valence-corrected chi connectivity index (χ4v) is 6.61. The van der Waals surface area contributed by atoms with Crippen molar-refractivity contribution < 1.29 is 10.2 Å². The lowest BCUT2D eigenvalue weighted by Gasteiger charge is -2.37. The molecule has 0 radical (unpaired) electrons. The van der Waals surface area contributed by atoms with Gasteiger partial charge in [-0.25, -0.2) is 0 Å². The molecule has 0 aliphatic heterocycles. The molecule has 0 saturated heterocycles. The number of aromatic hydroxyl groups is 2. The predicted octanol–water partition coefficient (Wildman–Crippen LogP) is 7.96. The molecule has 7 rings (SSSR count). The van der Waals surface area contributed by atoms with Gasteiger partial charge in [0.15, 0.2) is 0 Å². The first-order chi connectivity index (χ1) is 20.0. The fraction of sp³-hybridized carbons (Fsp3) is 0.0270. The lowest BCUT2D eigenvalue weighted by molar-refractivity contribution is 0.479.